The van der Waals surface area contributed by atoms with Crippen LogP contribution in [0.4, 0.5) is 11.4 Å². The number of nitrogens with two attached hydrogens (primary N) is 1. The zero-order chi connectivity index (χ0) is 13.8. The molecular formula is C15H14N2O2. The Balaban J connectivity index is 2.16. The highest BCUT2D eigenvalue weighted by Crippen LogP contribution is 2.18. The monoisotopic (exact) mass is 254 g/mol. The van der Waals surface area contributed by atoms with Gasteiger partial charge in [-0.15, -0.1) is 0 Å². The molecule has 0 aromatic heterocycles. The Labute approximate surface area is 111 Å². The summed E-state index contributed by atoms with van der Waals surface area (Å²) in [5, 5.41) is 2.73. The average molecular weight is 254 g/mol. The molecule has 96 valence electrons. The minimum atomic E-state index is -0.256. The molecule has 0 atom stereocenters. The maximum atomic E-state index is 12.0. The van der Waals surface area contributed by atoms with Crippen molar-refractivity contribution in [3.8, 4) is 0 Å². The highest BCUT2D eigenvalue weighted by atomic mass is 16.1. The first kappa shape index (κ1) is 12.8. The Hall–Kier alpha value is -2.62. The second-order valence-corrected chi connectivity index (χ2v) is 4.17. The maximum absolute atomic E-state index is 12.0. The van der Waals surface area contributed by atoms with E-state index in [1.807, 2.05) is 0 Å². The molecular weight excluding hydrogens is 240 g/mol. The van der Waals surface area contributed by atoms with Crippen molar-refractivity contribution >= 4 is 23.1 Å². The summed E-state index contributed by atoms with van der Waals surface area (Å²) in [7, 11) is 0. The number of amides is 1. The number of carbonyl (C=O) groups is 2. The second-order valence-electron chi connectivity index (χ2n) is 4.17. The van der Waals surface area contributed by atoms with Gasteiger partial charge < -0.3 is 11.1 Å². The number of hydrogen-bond acceptors (Lipinski definition) is 3. The summed E-state index contributed by atoms with van der Waals surface area (Å²) in [5.74, 6) is -0.285. The van der Waals surface area contributed by atoms with Crippen molar-refractivity contribution in [3.05, 3.63) is 59.7 Å². The van der Waals surface area contributed by atoms with Crippen molar-refractivity contribution in [1.82, 2.24) is 0 Å². The molecule has 1 amide bonds. The van der Waals surface area contributed by atoms with E-state index in [4.69, 9.17) is 5.73 Å². The molecule has 19 heavy (non-hydrogen) atoms. The van der Waals surface area contributed by atoms with Crippen molar-refractivity contribution < 1.29 is 9.59 Å². The van der Waals surface area contributed by atoms with Gasteiger partial charge in [0.25, 0.3) is 5.91 Å². The third-order valence-electron chi connectivity index (χ3n) is 2.76. The summed E-state index contributed by atoms with van der Waals surface area (Å²) < 4.78 is 0. The fraction of sp³-hybridized carbons (Fsp3) is 0.0667. The number of hydrogen-bond donors (Lipinski definition) is 2. The van der Waals surface area contributed by atoms with Gasteiger partial charge in [-0.25, -0.2) is 0 Å². The Kier molecular flexibility index (Phi) is 3.61. The van der Waals surface area contributed by atoms with Crippen LogP contribution < -0.4 is 11.1 Å². The van der Waals surface area contributed by atoms with E-state index < -0.39 is 0 Å². The lowest BCUT2D eigenvalue weighted by atomic mass is 10.1. The van der Waals surface area contributed by atoms with Crippen molar-refractivity contribution in [3.63, 3.8) is 0 Å². The summed E-state index contributed by atoms with van der Waals surface area (Å²) in [6, 6.07) is 13.5. The van der Waals surface area contributed by atoms with Crippen molar-refractivity contribution in [2.24, 2.45) is 0 Å². The van der Waals surface area contributed by atoms with Gasteiger partial charge >= 0.3 is 0 Å². The molecule has 3 N–H and O–H groups in total. The zero-order valence-corrected chi connectivity index (χ0v) is 10.5. The Morgan fingerprint density at radius 3 is 2.11 bits per heavy atom. The van der Waals surface area contributed by atoms with Gasteiger partial charge in [0.1, 0.15) is 0 Å². The molecule has 4 nitrogen and oxygen atoms in total. The van der Waals surface area contributed by atoms with Crippen molar-refractivity contribution in [2.45, 2.75) is 6.92 Å². The Morgan fingerprint density at radius 2 is 1.53 bits per heavy atom. The van der Waals surface area contributed by atoms with Gasteiger partial charge in [0.2, 0.25) is 0 Å². The maximum Gasteiger partial charge on any atom is 0.255 e. The molecule has 2 rings (SSSR count). The predicted molar refractivity (Wildman–Crippen MR) is 75.3 cm³/mol. The minimum Gasteiger partial charge on any atom is -0.397 e. The van der Waals surface area contributed by atoms with Crippen LogP contribution in [0.1, 0.15) is 27.6 Å². The van der Waals surface area contributed by atoms with Gasteiger partial charge in [-0.05, 0) is 31.2 Å². The fourth-order valence-electron chi connectivity index (χ4n) is 1.66. The number of benzene rings is 2. The van der Waals surface area contributed by atoms with Crippen LogP contribution in [0.2, 0.25) is 0 Å². The standard InChI is InChI=1S/C15H14N2O2/c1-10(18)11-6-8-12(9-7-11)15(19)17-14-5-3-2-4-13(14)16/h2-9H,16H2,1H3,(H,17,19). The number of carbonyl (C=O) groups excluding carboxylic acids is 2. The number of ketones is 1. The second kappa shape index (κ2) is 5.35. The molecule has 0 aliphatic carbocycles. The summed E-state index contributed by atoms with van der Waals surface area (Å²) in [6.45, 7) is 1.49. The first-order valence-electron chi connectivity index (χ1n) is 5.85. The molecule has 0 aliphatic rings. The van der Waals surface area contributed by atoms with Gasteiger partial charge in [0.05, 0.1) is 11.4 Å². The normalized spacial score (nSPS) is 9.95. The van der Waals surface area contributed by atoms with Crippen LogP contribution in [-0.2, 0) is 0 Å². The number of nitrogen functional groups attached to an aromatic ring is 1. The number of rotatable bonds is 3. The molecule has 2 aromatic carbocycles. The van der Waals surface area contributed by atoms with Crippen molar-refractivity contribution in [2.75, 3.05) is 11.1 Å². The van der Waals surface area contributed by atoms with Crippen LogP contribution >= 0.6 is 0 Å². The van der Waals surface area contributed by atoms with E-state index in [2.05, 4.69) is 5.32 Å². The lowest BCUT2D eigenvalue weighted by Gasteiger charge is -2.08. The van der Waals surface area contributed by atoms with Gasteiger partial charge in [-0.3, -0.25) is 9.59 Å². The molecule has 0 spiro atoms. The number of para-hydroxylation sites is 2. The third-order valence-corrected chi connectivity index (χ3v) is 2.76. The lowest BCUT2D eigenvalue weighted by Crippen LogP contribution is -2.13. The minimum absolute atomic E-state index is 0.0285. The van der Waals surface area contributed by atoms with Gasteiger partial charge in [0.15, 0.2) is 5.78 Å². The van der Waals surface area contributed by atoms with Crippen LogP contribution in [-0.4, -0.2) is 11.7 Å². The topological polar surface area (TPSA) is 72.2 Å². The molecule has 0 saturated carbocycles. The largest absolute Gasteiger partial charge is 0.397 e. The number of anilines is 2. The van der Waals surface area contributed by atoms with Gasteiger partial charge in [-0.1, -0.05) is 24.3 Å². The van der Waals surface area contributed by atoms with Crippen LogP contribution in [0.25, 0.3) is 0 Å². The summed E-state index contributed by atoms with van der Waals surface area (Å²) in [5.41, 5.74) is 7.89. The van der Waals surface area contributed by atoms with E-state index in [9.17, 15) is 9.59 Å². The molecule has 0 heterocycles. The third kappa shape index (κ3) is 2.98. The highest BCUT2D eigenvalue weighted by Gasteiger charge is 2.08. The molecule has 4 heteroatoms. The van der Waals surface area contributed by atoms with E-state index in [1.165, 1.54) is 6.92 Å². The molecule has 0 fully saturated rings. The van der Waals surface area contributed by atoms with Crippen LogP contribution in [0.3, 0.4) is 0 Å². The van der Waals surface area contributed by atoms with E-state index in [-0.39, 0.29) is 11.7 Å². The van der Waals surface area contributed by atoms with E-state index in [1.54, 1.807) is 48.5 Å². The Morgan fingerprint density at radius 1 is 0.947 bits per heavy atom. The molecule has 0 bridgehead atoms. The van der Waals surface area contributed by atoms with Crippen LogP contribution in [0.15, 0.2) is 48.5 Å². The zero-order valence-electron chi connectivity index (χ0n) is 10.5. The number of Topliss-reactive ketones (excluding diaryl/α,β-unsaturated/α-hetero) is 1. The summed E-state index contributed by atoms with van der Waals surface area (Å²) in [6.07, 6.45) is 0. The van der Waals surface area contributed by atoms with E-state index >= 15 is 0 Å². The molecule has 0 radical (unpaired) electrons. The number of nitrogens with one attached hydrogen (secondary N) is 1. The van der Waals surface area contributed by atoms with Crippen molar-refractivity contribution in [1.29, 1.82) is 0 Å². The Bertz CT molecular complexity index is 618. The highest BCUT2D eigenvalue weighted by molar-refractivity contribution is 6.06. The van der Waals surface area contributed by atoms with Gasteiger partial charge in [-0.2, -0.15) is 0 Å². The molecule has 0 saturated heterocycles. The molecule has 0 aliphatic heterocycles. The fourth-order valence-corrected chi connectivity index (χ4v) is 1.66. The summed E-state index contributed by atoms with van der Waals surface area (Å²) >= 11 is 0. The SMILES string of the molecule is CC(=O)c1ccc(C(=O)Nc2ccccc2N)cc1. The quantitative estimate of drug-likeness (QED) is 0.653. The molecule has 2 aromatic rings. The first-order valence-corrected chi connectivity index (χ1v) is 5.85. The smallest absolute Gasteiger partial charge is 0.255 e. The van der Waals surface area contributed by atoms with Crippen LogP contribution in [0, 0.1) is 0 Å². The van der Waals surface area contributed by atoms with Crippen LogP contribution in [0.5, 0.6) is 0 Å². The lowest BCUT2D eigenvalue weighted by molar-refractivity contribution is 0.101. The van der Waals surface area contributed by atoms with Gasteiger partial charge in [0, 0.05) is 11.1 Å². The average Bonchev–Trinajstić information content (AvgIpc) is 2.41. The summed E-state index contributed by atoms with van der Waals surface area (Å²) in [4.78, 5) is 23.1. The van der Waals surface area contributed by atoms with E-state index in [0.29, 0.717) is 22.5 Å². The first-order chi connectivity index (χ1) is 9.08. The molecule has 0 unspecified atom stereocenters. The predicted octanol–water partition coefficient (Wildman–Crippen LogP) is 2.72. The van der Waals surface area contributed by atoms with E-state index in [0.717, 1.165) is 0 Å².